The Morgan fingerprint density at radius 1 is 0.879 bits per heavy atom. The first kappa shape index (κ1) is 23.5. The molecule has 0 heterocycles. The van der Waals surface area contributed by atoms with Crippen molar-refractivity contribution in [3.05, 3.63) is 76.4 Å². The molecule has 0 spiro atoms. The quantitative estimate of drug-likeness (QED) is 0.203. The van der Waals surface area contributed by atoms with Gasteiger partial charge in [0.25, 0.3) is 0 Å². The Kier molecular flexibility index (Phi) is 6.91. The van der Waals surface area contributed by atoms with E-state index < -0.39 is 29.2 Å². The minimum atomic E-state index is -1.08. The highest BCUT2D eigenvalue weighted by Gasteiger charge is 2.37. The Labute approximate surface area is 191 Å². The molecule has 0 bridgehead atoms. The number of carbonyl (C=O) groups excluding carboxylic acids is 1. The van der Waals surface area contributed by atoms with Gasteiger partial charge in [-0.2, -0.15) is 0 Å². The lowest BCUT2D eigenvalue weighted by Crippen LogP contribution is -2.30. The third kappa shape index (κ3) is 4.99. The number of carbonyl (C=O) groups is 1. The summed E-state index contributed by atoms with van der Waals surface area (Å²) in [5, 5.41) is 0. The molecule has 2 aromatic rings. The van der Waals surface area contributed by atoms with E-state index in [-0.39, 0.29) is 28.4 Å². The molecule has 2 nitrogen and oxygen atoms in total. The number of benzene rings is 2. The van der Waals surface area contributed by atoms with Gasteiger partial charge in [-0.05, 0) is 88.2 Å². The molecule has 0 saturated heterocycles. The SMILES string of the molecule is C/C=C/C1CCC2CC(c3c(F)cc(C(=O)Oc4cc(F)c(C)c(F)c4)cc3F)CCC2C1. The zero-order valence-electron chi connectivity index (χ0n) is 18.8. The van der Waals surface area contributed by atoms with E-state index in [1.807, 2.05) is 6.92 Å². The zero-order chi connectivity index (χ0) is 23.7. The van der Waals surface area contributed by atoms with Gasteiger partial charge in [-0.25, -0.2) is 22.4 Å². The number of fused-ring (bicyclic) bond motifs is 1. The average Bonchev–Trinajstić information content (AvgIpc) is 2.77. The maximum absolute atomic E-state index is 15.0. The highest BCUT2D eigenvalue weighted by atomic mass is 19.1. The van der Waals surface area contributed by atoms with Gasteiger partial charge >= 0.3 is 5.97 Å². The lowest BCUT2D eigenvalue weighted by atomic mass is 9.63. The van der Waals surface area contributed by atoms with Gasteiger partial charge in [0.15, 0.2) is 0 Å². The number of hydrogen-bond donors (Lipinski definition) is 0. The predicted octanol–water partition coefficient (Wildman–Crippen LogP) is 7.65. The summed E-state index contributed by atoms with van der Waals surface area (Å²) in [6, 6.07) is 3.63. The molecule has 0 aromatic heterocycles. The van der Waals surface area contributed by atoms with Gasteiger partial charge in [-0.3, -0.25) is 0 Å². The van der Waals surface area contributed by atoms with E-state index >= 15 is 0 Å². The number of esters is 1. The fourth-order valence-corrected chi connectivity index (χ4v) is 5.57. The summed E-state index contributed by atoms with van der Waals surface area (Å²) in [7, 11) is 0. The van der Waals surface area contributed by atoms with Crippen LogP contribution >= 0.6 is 0 Å². The molecule has 2 fully saturated rings. The number of hydrogen-bond acceptors (Lipinski definition) is 2. The topological polar surface area (TPSA) is 26.3 Å². The molecule has 33 heavy (non-hydrogen) atoms. The summed E-state index contributed by atoms with van der Waals surface area (Å²) in [6.07, 6.45) is 10.1. The number of allylic oxidation sites excluding steroid dienone is 2. The lowest BCUT2D eigenvalue weighted by Gasteiger charge is -2.42. The molecule has 2 aliphatic carbocycles. The first-order chi connectivity index (χ1) is 15.8. The van der Waals surface area contributed by atoms with Crippen molar-refractivity contribution >= 4 is 5.97 Å². The molecular weight excluding hydrogens is 432 g/mol. The van der Waals surface area contributed by atoms with Crippen LogP contribution in [0, 0.1) is 47.9 Å². The first-order valence-electron chi connectivity index (χ1n) is 11.6. The molecule has 4 rings (SSSR count). The highest BCUT2D eigenvalue weighted by molar-refractivity contribution is 5.91. The van der Waals surface area contributed by atoms with E-state index in [0.717, 1.165) is 56.4 Å². The van der Waals surface area contributed by atoms with Crippen LogP contribution in [0.3, 0.4) is 0 Å². The van der Waals surface area contributed by atoms with Crippen LogP contribution in [-0.2, 0) is 0 Å². The van der Waals surface area contributed by atoms with Gasteiger partial charge in [-0.15, -0.1) is 0 Å². The van der Waals surface area contributed by atoms with Crippen LogP contribution < -0.4 is 4.74 Å². The number of halogens is 4. The summed E-state index contributed by atoms with van der Waals surface area (Å²) in [4.78, 5) is 12.4. The van der Waals surface area contributed by atoms with E-state index in [2.05, 4.69) is 12.2 Å². The van der Waals surface area contributed by atoms with Gasteiger partial charge < -0.3 is 4.74 Å². The van der Waals surface area contributed by atoms with Crippen LogP contribution in [0.15, 0.2) is 36.4 Å². The summed E-state index contributed by atoms with van der Waals surface area (Å²) >= 11 is 0. The Balaban J connectivity index is 1.48. The van der Waals surface area contributed by atoms with Crippen molar-refractivity contribution in [3.8, 4) is 5.75 Å². The molecule has 0 aliphatic heterocycles. The number of rotatable bonds is 4. The average molecular weight is 461 g/mol. The summed E-state index contributed by atoms with van der Waals surface area (Å²) in [5.74, 6) is -3.33. The normalized spacial score (nSPS) is 25.2. The second kappa shape index (κ2) is 9.70. The van der Waals surface area contributed by atoms with Crippen LogP contribution in [0.1, 0.15) is 72.9 Å². The van der Waals surface area contributed by atoms with E-state index in [0.29, 0.717) is 24.2 Å². The summed E-state index contributed by atoms with van der Waals surface area (Å²) in [6.45, 7) is 3.28. The zero-order valence-corrected chi connectivity index (χ0v) is 18.8. The molecule has 6 heteroatoms. The Morgan fingerprint density at radius 3 is 2.12 bits per heavy atom. The third-order valence-electron chi connectivity index (χ3n) is 7.31. The standard InChI is InChI=1S/C27H28F4O2/c1-3-4-16-5-6-18-10-19(8-7-17(18)9-16)26-24(30)11-20(12-25(26)31)27(32)33-21-13-22(28)15(2)23(29)14-21/h3-4,11-14,16-19H,5-10H2,1-2H3/b4-3+. The van der Waals surface area contributed by atoms with Crippen molar-refractivity contribution in [1.82, 2.24) is 0 Å². The van der Waals surface area contributed by atoms with E-state index in [1.165, 1.54) is 6.92 Å². The lowest BCUT2D eigenvalue weighted by molar-refractivity contribution is 0.0732. The van der Waals surface area contributed by atoms with Crippen molar-refractivity contribution in [2.75, 3.05) is 0 Å². The molecule has 2 aliphatic rings. The molecule has 0 N–H and O–H groups in total. The molecule has 2 saturated carbocycles. The first-order valence-corrected chi connectivity index (χ1v) is 11.6. The Morgan fingerprint density at radius 2 is 1.48 bits per heavy atom. The van der Waals surface area contributed by atoms with Crippen LogP contribution in [0.25, 0.3) is 0 Å². The maximum atomic E-state index is 15.0. The van der Waals surface area contributed by atoms with Crippen molar-refractivity contribution in [2.45, 2.75) is 58.3 Å². The molecule has 176 valence electrons. The molecule has 4 atom stereocenters. The Bertz CT molecular complexity index is 1030. The van der Waals surface area contributed by atoms with Crippen LogP contribution in [0.5, 0.6) is 5.75 Å². The van der Waals surface area contributed by atoms with Gasteiger partial charge in [0.2, 0.25) is 0 Å². The monoisotopic (exact) mass is 460 g/mol. The third-order valence-corrected chi connectivity index (χ3v) is 7.31. The molecular formula is C27H28F4O2. The van der Waals surface area contributed by atoms with Gasteiger partial charge in [0.05, 0.1) is 5.56 Å². The Hall–Kier alpha value is -2.63. The summed E-state index contributed by atoms with van der Waals surface area (Å²) in [5.41, 5.74) is -0.523. The van der Waals surface area contributed by atoms with Crippen LogP contribution in [0.2, 0.25) is 0 Å². The van der Waals surface area contributed by atoms with Crippen molar-refractivity contribution < 1.29 is 27.1 Å². The number of ether oxygens (including phenoxy) is 1. The fraction of sp³-hybridized carbons (Fsp3) is 0.444. The maximum Gasteiger partial charge on any atom is 0.343 e. The molecule has 4 unspecified atom stereocenters. The minimum absolute atomic E-state index is 0.0213. The van der Waals surface area contributed by atoms with Crippen LogP contribution in [-0.4, -0.2) is 5.97 Å². The van der Waals surface area contributed by atoms with Crippen molar-refractivity contribution in [2.24, 2.45) is 17.8 Å². The largest absolute Gasteiger partial charge is 0.423 e. The minimum Gasteiger partial charge on any atom is -0.423 e. The van der Waals surface area contributed by atoms with Crippen molar-refractivity contribution in [1.29, 1.82) is 0 Å². The molecule has 0 radical (unpaired) electrons. The van der Waals surface area contributed by atoms with E-state index in [9.17, 15) is 22.4 Å². The highest BCUT2D eigenvalue weighted by Crippen LogP contribution is 2.48. The molecule has 0 amide bonds. The van der Waals surface area contributed by atoms with E-state index in [4.69, 9.17) is 4.74 Å². The van der Waals surface area contributed by atoms with Crippen LogP contribution in [0.4, 0.5) is 17.6 Å². The predicted molar refractivity (Wildman–Crippen MR) is 118 cm³/mol. The van der Waals surface area contributed by atoms with Gasteiger partial charge in [-0.1, -0.05) is 12.2 Å². The molecule has 2 aromatic carbocycles. The van der Waals surface area contributed by atoms with E-state index in [1.54, 1.807) is 0 Å². The van der Waals surface area contributed by atoms with Crippen molar-refractivity contribution in [3.63, 3.8) is 0 Å². The summed E-state index contributed by atoms with van der Waals surface area (Å²) < 4.78 is 62.3. The fourth-order valence-electron chi connectivity index (χ4n) is 5.57. The van der Waals surface area contributed by atoms with Gasteiger partial charge in [0.1, 0.15) is 29.0 Å². The smallest absolute Gasteiger partial charge is 0.343 e. The second-order valence-electron chi connectivity index (χ2n) is 9.38. The van der Waals surface area contributed by atoms with Gasteiger partial charge in [0, 0.05) is 23.3 Å². The second-order valence-corrected chi connectivity index (χ2v) is 9.38.